The Morgan fingerprint density at radius 2 is 2.13 bits per heavy atom. The van der Waals surface area contributed by atoms with Gasteiger partial charge in [-0.05, 0) is 47.5 Å². The molecule has 1 unspecified atom stereocenters. The predicted octanol–water partition coefficient (Wildman–Crippen LogP) is 3.69. The minimum atomic E-state index is -0.840. The second-order valence-electron chi connectivity index (χ2n) is 3.91. The third-order valence-corrected chi connectivity index (χ3v) is 3.46. The number of rotatable bonds is 2. The van der Waals surface area contributed by atoms with Crippen molar-refractivity contribution in [2.75, 3.05) is 0 Å². The number of halogens is 2. The smallest absolute Gasteiger partial charge is 0.0971 e. The van der Waals surface area contributed by atoms with E-state index in [1.165, 1.54) is 0 Å². The Balaban J connectivity index is 3.08. The first kappa shape index (κ1) is 12.5. The van der Waals surface area contributed by atoms with Gasteiger partial charge in [0.25, 0.3) is 0 Å². The summed E-state index contributed by atoms with van der Waals surface area (Å²) in [5, 5.41) is 19.4. The molecule has 1 N–H and O–H groups in total. The molecule has 0 saturated heterocycles. The number of nitrogens with zero attached hydrogens (tertiary/aromatic N) is 1. The van der Waals surface area contributed by atoms with Gasteiger partial charge in [0.2, 0.25) is 0 Å². The maximum Gasteiger partial charge on any atom is 0.0971 e. The van der Waals surface area contributed by atoms with Crippen molar-refractivity contribution in [1.29, 1.82) is 5.26 Å². The van der Waals surface area contributed by atoms with Gasteiger partial charge in [0.15, 0.2) is 0 Å². The van der Waals surface area contributed by atoms with Crippen LogP contribution in [0.5, 0.6) is 0 Å². The first-order chi connectivity index (χ1) is 6.88. The molecule has 1 aromatic rings. The summed E-state index contributed by atoms with van der Waals surface area (Å²) in [7, 11) is 0. The zero-order valence-electron chi connectivity index (χ0n) is 8.46. The average molecular weight is 289 g/mol. The third-order valence-electron chi connectivity index (χ3n) is 2.23. The molecule has 0 heterocycles. The molecule has 80 valence electrons. The molecule has 0 spiro atoms. The Morgan fingerprint density at radius 3 is 2.60 bits per heavy atom. The summed E-state index contributed by atoms with van der Waals surface area (Å²) in [5.74, 6) is 0. The predicted molar refractivity (Wildman–Crippen MR) is 63.5 cm³/mol. The highest BCUT2D eigenvalue weighted by molar-refractivity contribution is 9.10. The van der Waals surface area contributed by atoms with E-state index in [2.05, 4.69) is 22.0 Å². The molecule has 4 heteroatoms. The Bertz CT molecular complexity index is 412. The molecule has 1 aromatic carbocycles. The minimum Gasteiger partial charge on any atom is -0.387 e. The van der Waals surface area contributed by atoms with Crippen molar-refractivity contribution in [2.24, 2.45) is 5.41 Å². The van der Waals surface area contributed by atoms with Crippen LogP contribution >= 0.6 is 27.5 Å². The summed E-state index contributed by atoms with van der Waals surface area (Å²) in [6.45, 7) is 3.38. The monoisotopic (exact) mass is 287 g/mol. The van der Waals surface area contributed by atoms with Crippen LogP contribution in [0.15, 0.2) is 22.7 Å². The first-order valence-electron chi connectivity index (χ1n) is 4.43. The number of nitriles is 1. The molecule has 0 amide bonds. The van der Waals surface area contributed by atoms with Crippen LogP contribution in [0.3, 0.4) is 0 Å². The van der Waals surface area contributed by atoms with Crippen LogP contribution in [0.2, 0.25) is 5.02 Å². The van der Waals surface area contributed by atoms with Gasteiger partial charge in [-0.25, -0.2) is 0 Å². The van der Waals surface area contributed by atoms with E-state index in [4.69, 9.17) is 16.9 Å². The van der Waals surface area contributed by atoms with E-state index in [0.717, 1.165) is 4.47 Å². The second kappa shape index (κ2) is 4.52. The largest absolute Gasteiger partial charge is 0.387 e. The fraction of sp³-hybridized carbons (Fsp3) is 0.364. The van der Waals surface area contributed by atoms with Crippen LogP contribution in [-0.2, 0) is 0 Å². The second-order valence-corrected chi connectivity index (χ2v) is 5.17. The fourth-order valence-electron chi connectivity index (χ4n) is 1.16. The van der Waals surface area contributed by atoms with Crippen LogP contribution in [-0.4, -0.2) is 5.11 Å². The van der Waals surface area contributed by atoms with Gasteiger partial charge in [0.05, 0.1) is 22.6 Å². The SMILES string of the molecule is CC(C)(C#N)C(O)c1ccc(Br)c(Cl)c1. The highest BCUT2D eigenvalue weighted by Crippen LogP contribution is 2.35. The molecule has 0 saturated carbocycles. The summed E-state index contributed by atoms with van der Waals surface area (Å²) in [6, 6.07) is 7.24. The van der Waals surface area contributed by atoms with Crippen molar-refractivity contribution in [3.8, 4) is 6.07 Å². The molecule has 2 nitrogen and oxygen atoms in total. The van der Waals surface area contributed by atoms with Crippen molar-refractivity contribution < 1.29 is 5.11 Å². The summed E-state index contributed by atoms with van der Waals surface area (Å²) < 4.78 is 0.773. The van der Waals surface area contributed by atoms with Gasteiger partial charge >= 0.3 is 0 Å². The van der Waals surface area contributed by atoms with Gasteiger partial charge < -0.3 is 5.11 Å². The van der Waals surface area contributed by atoms with Crippen LogP contribution in [0.1, 0.15) is 25.5 Å². The van der Waals surface area contributed by atoms with Crippen LogP contribution in [0, 0.1) is 16.7 Å². The lowest BCUT2D eigenvalue weighted by atomic mass is 9.84. The van der Waals surface area contributed by atoms with Crippen molar-refractivity contribution >= 4 is 27.5 Å². The van der Waals surface area contributed by atoms with Gasteiger partial charge in [0, 0.05) is 4.47 Å². The molecular weight excluding hydrogens is 277 g/mol. The lowest BCUT2D eigenvalue weighted by molar-refractivity contribution is 0.0868. The van der Waals surface area contributed by atoms with E-state index in [1.807, 2.05) is 0 Å². The molecular formula is C11H11BrClNO. The molecule has 1 rings (SSSR count). The zero-order valence-corrected chi connectivity index (χ0v) is 10.8. The molecule has 0 fully saturated rings. The topological polar surface area (TPSA) is 44.0 Å². The van der Waals surface area contributed by atoms with E-state index in [1.54, 1.807) is 32.0 Å². The fourth-order valence-corrected chi connectivity index (χ4v) is 1.60. The Hall–Kier alpha value is -0.560. The van der Waals surface area contributed by atoms with Gasteiger partial charge in [-0.1, -0.05) is 17.7 Å². The highest BCUT2D eigenvalue weighted by Gasteiger charge is 2.29. The normalized spacial score (nSPS) is 13.3. The molecule has 0 bridgehead atoms. The molecule has 0 aromatic heterocycles. The molecule has 0 aliphatic heterocycles. The molecule has 0 radical (unpaired) electrons. The van der Waals surface area contributed by atoms with Crippen molar-refractivity contribution in [2.45, 2.75) is 20.0 Å². The van der Waals surface area contributed by atoms with Gasteiger partial charge in [0.1, 0.15) is 0 Å². The number of hydrogen-bond donors (Lipinski definition) is 1. The quantitative estimate of drug-likeness (QED) is 0.902. The lowest BCUT2D eigenvalue weighted by Gasteiger charge is -2.23. The standard InChI is InChI=1S/C11H11BrClNO/c1-11(2,6-14)10(15)7-3-4-8(12)9(13)5-7/h3-5,10,15H,1-2H3. The van der Waals surface area contributed by atoms with Gasteiger partial charge in [-0.15, -0.1) is 0 Å². The summed E-state index contributed by atoms with van der Waals surface area (Å²) >= 11 is 9.18. The summed E-state index contributed by atoms with van der Waals surface area (Å²) in [5.41, 5.74) is -0.174. The Kier molecular flexibility index (Phi) is 3.77. The van der Waals surface area contributed by atoms with Crippen LogP contribution in [0.4, 0.5) is 0 Å². The molecule has 0 aliphatic rings. The lowest BCUT2D eigenvalue weighted by Crippen LogP contribution is -2.19. The van der Waals surface area contributed by atoms with E-state index in [0.29, 0.717) is 10.6 Å². The van der Waals surface area contributed by atoms with Crippen molar-refractivity contribution in [3.63, 3.8) is 0 Å². The van der Waals surface area contributed by atoms with Crippen LogP contribution in [0.25, 0.3) is 0 Å². The van der Waals surface area contributed by atoms with Crippen molar-refractivity contribution in [1.82, 2.24) is 0 Å². The highest BCUT2D eigenvalue weighted by atomic mass is 79.9. The minimum absolute atomic E-state index is 0.528. The summed E-state index contributed by atoms with van der Waals surface area (Å²) in [6.07, 6.45) is -0.840. The van der Waals surface area contributed by atoms with E-state index in [9.17, 15) is 5.11 Å². The Morgan fingerprint density at radius 1 is 1.53 bits per heavy atom. The van der Waals surface area contributed by atoms with Crippen molar-refractivity contribution in [3.05, 3.63) is 33.3 Å². The molecule has 1 atom stereocenters. The maximum atomic E-state index is 9.97. The first-order valence-corrected chi connectivity index (χ1v) is 5.60. The van der Waals surface area contributed by atoms with E-state index >= 15 is 0 Å². The zero-order chi connectivity index (χ0) is 11.6. The van der Waals surface area contributed by atoms with Gasteiger partial charge in [-0.3, -0.25) is 0 Å². The number of hydrogen-bond acceptors (Lipinski definition) is 2. The number of aliphatic hydroxyl groups excluding tert-OH is 1. The third kappa shape index (κ3) is 2.72. The summed E-state index contributed by atoms with van der Waals surface area (Å²) in [4.78, 5) is 0. The number of aliphatic hydroxyl groups is 1. The molecule has 0 aliphatic carbocycles. The Labute approximate surface area is 103 Å². The van der Waals surface area contributed by atoms with Gasteiger partial charge in [-0.2, -0.15) is 5.26 Å². The molecule has 15 heavy (non-hydrogen) atoms. The number of benzene rings is 1. The average Bonchev–Trinajstić information content (AvgIpc) is 2.21. The maximum absolute atomic E-state index is 9.97. The van der Waals surface area contributed by atoms with E-state index in [-0.39, 0.29) is 0 Å². The van der Waals surface area contributed by atoms with E-state index < -0.39 is 11.5 Å². The van der Waals surface area contributed by atoms with Crippen LogP contribution < -0.4 is 0 Å².